The Kier molecular flexibility index (Phi) is 4.23. The van der Waals surface area contributed by atoms with E-state index >= 15 is 0 Å². The summed E-state index contributed by atoms with van der Waals surface area (Å²) in [5.41, 5.74) is 6.73. The lowest BCUT2D eigenvalue weighted by molar-refractivity contribution is 0.668. The van der Waals surface area contributed by atoms with E-state index in [1.54, 1.807) is 0 Å². The van der Waals surface area contributed by atoms with Gasteiger partial charge < -0.3 is 13.7 Å². The molecule has 6 aromatic carbocycles. The van der Waals surface area contributed by atoms with E-state index in [2.05, 4.69) is 102 Å². The maximum atomic E-state index is 6.48. The molecular formula is C34H21NO2. The Hall–Kier alpha value is -5.02. The lowest BCUT2D eigenvalue weighted by atomic mass is 10.0. The molecule has 3 heteroatoms. The van der Waals surface area contributed by atoms with Crippen molar-refractivity contribution in [2.75, 3.05) is 4.90 Å². The molecule has 0 aliphatic carbocycles. The van der Waals surface area contributed by atoms with Crippen molar-refractivity contribution >= 4 is 71.7 Å². The van der Waals surface area contributed by atoms with Crippen LogP contribution < -0.4 is 4.90 Å². The molecule has 8 aromatic rings. The molecule has 2 aromatic heterocycles. The van der Waals surface area contributed by atoms with Gasteiger partial charge in [0.25, 0.3) is 0 Å². The summed E-state index contributed by atoms with van der Waals surface area (Å²) < 4.78 is 12.7. The highest BCUT2D eigenvalue weighted by atomic mass is 16.3. The van der Waals surface area contributed by atoms with Crippen molar-refractivity contribution in [1.29, 1.82) is 0 Å². The molecule has 0 spiro atoms. The van der Waals surface area contributed by atoms with Crippen LogP contribution in [0.2, 0.25) is 0 Å². The highest BCUT2D eigenvalue weighted by Gasteiger charge is 2.21. The van der Waals surface area contributed by atoms with Gasteiger partial charge >= 0.3 is 0 Å². The van der Waals surface area contributed by atoms with E-state index in [4.69, 9.17) is 8.83 Å². The van der Waals surface area contributed by atoms with Crippen LogP contribution >= 0.6 is 0 Å². The SMILES string of the molecule is c1ccc(N(c2cccc3c2ccc2oc4ccccc4c23)c2cccc3c2oc2ccccc23)cc1. The average Bonchev–Trinajstić information content (AvgIpc) is 3.53. The van der Waals surface area contributed by atoms with E-state index in [-0.39, 0.29) is 0 Å². The van der Waals surface area contributed by atoms with Crippen molar-refractivity contribution in [3.63, 3.8) is 0 Å². The van der Waals surface area contributed by atoms with Gasteiger partial charge in [-0.25, -0.2) is 0 Å². The molecule has 0 fully saturated rings. The molecule has 0 N–H and O–H groups in total. The Morgan fingerprint density at radius 2 is 1.03 bits per heavy atom. The molecule has 2 heterocycles. The van der Waals surface area contributed by atoms with Crippen molar-refractivity contribution in [1.82, 2.24) is 0 Å². The first-order chi connectivity index (χ1) is 18.4. The number of anilines is 3. The van der Waals surface area contributed by atoms with Gasteiger partial charge in [-0.05, 0) is 53.9 Å². The molecule has 8 rings (SSSR count). The van der Waals surface area contributed by atoms with E-state index in [9.17, 15) is 0 Å². The predicted molar refractivity (Wildman–Crippen MR) is 153 cm³/mol. The van der Waals surface area contributed by atoms with Gasteiger partial charge in [0.2, 0.25) is 0 Å². The summed E-state index contributed by atoms with van der Waals surface area (Å²) in [6.45, 7) is 0. The van der Waals surface area contributed by atoms with Gasteiger partial charge in [-0.1, -0.05) is 78.9 Å². The van der Waals surface area contributed by atoms with Crippen molar-refractivity contribution in [2.45, 2.75) is 0 Å². The fourth-order valence-electron chi connectivity index (χ4n) is 5.65. The lowest BCUT2D eigenvalue weighted by Gasteiger charge is -2.27. The molecule has 0 radical (unpaired) electrons. The summed E-state index contributed by atoms with van der Waals surface area (Å²) in [4.78, 5) is 2.31. The fraction of sp³-hybridized carbons (Fsp3) is 0. The third-order valence-electron chi connectivity index (χ3n) is 7.26. The molecule has 0 saturated heterocycles. The monoisotopic (exact) mass is 475 g/mol. The van der Waals surface area contributed by atoms with Crippen molar-refractivity contribution < 1.29 is 8.83 Å². The molecule has 37 heavy (non-hydrogen) atoms. The molecule has 0 amide bonds. The van der Waals surface area contributed by atoms with E-state index in [0.717, 1.165) is 71.7 Å². The van der Waals surface area contributed by atoms with Gasteiger partial charge in [0.15, 0.2) is 5.58 Å². The molecule has 0 saturated carbocycles. The molecule has 0 aliphatic heterocycles. The fourth-order valence-corrected chi connectivity index (χ4v) is 5.65. The Morgan fingerprint density at radius 3 is 1.86 bits per heavy atom. The van der Waals surface area contributed by atoms with Gasteiger partial charge in [0.05, 0.1) is 11.4 Å². The zero-order valence-electron chi connectivity index (χ0n) is 19.9. The summed E-state index contributed by atoms with van der Waals surface area (Å²) in [6, 6.07) is 44.1. The summed E-state index contributed by atoms with van der Waals surface area (Å²) in [6.07, 6.45) is 0. The van der Waals surface area contributed by atoms with Crippen LogP contribution in [0, 0.1) is 0 Å². The minimum absolute atomic E-state index is 0.874. The number of furan rings is 2. The van der Waals surface area contributed by atoms with Gasteiger partial charge in [0.1, 0.15) is 16.7 Å². The highest BCUT2D eigenvalue weighted by molar-refractivity contribution is 6.21. The van der Waals surface area contributed by atoms with Gasteiger partial charge in [0, 0.05) is 32.6 Å². The average molecular weight is 476 g/mol. The standard InChI is InChI=1S/C34H21NO2/c1-2-10-22(11-3-1)35(29-17-9-15-26-24-12-4-6-18-30(24)37-34(26)29)28-16-8-14-25-23(28)20-21-32-33(25)27-13-5-7-19-31(27)36-32/h1-21H. The Labute approximate surface area is 212 Å². The van der Waals surface area contributed by atoms with E-state index in [1.807, 2.05) is 30.3 Å². The van der Waals surface area contributed by atoms with Crippen LogP contribution in [0.3, 0.4) is 0 Å². The van der Waals surface area contributed by atoms with Crippen LogP contribution in [0.4, 0.5) is 17.1 Å². The van der Waals surface area contributed by atoms with Crippen LogP contribution in [0.1, 0.15) is 0 Å². The van der Waals surface area contributed by atoms with E-state index in [0.29, 0.717) is 0 Å². The Balaban J connectivity index is 1.47. The maximum Gasteiger partial charge on any atom is 0.159 e. The summed E-state index contributed by atoms with van der Waals surface area (Å²) in [5.74, 6) is 0. The molecule has 0 bridgehead atoms. The first-order valence-electron chi connectivity index (χ1n) is 12.5. The van der Waals surface area contributed by atoms with E-state index in [1.165, 1.54) is 0 Å². The predicted octanol–water partition coefficient (Wildman–Crippen LogP) is 10.1. The Morgan fingerprint density at radius 1 is 0.378 bits per heavy atom. The van der Waals surface area contributed by atoms with Crippen LogP contribution in [-0.4, -0.2) is 0 Å². The zero-order valence-corrected chi connectivity index (χ0v) is 19.9. The van der Waals surface area contributed by atoms with Gasteiger partial charge in [-0.15, -0.1) is 0 Å². The molecular weight excluding hydrogens is 454 g/mol. The van der Waals surface area contributed by atoms with Crippen molar-refractivity contribution in [3.05, 3.63) is 127 Å². The quantitative estimate of drug-likeness (QED) is 0.255. The smallest absolute Gasteiger partial charge is 0.159 e. The highest BCUT2D eigenvalue weighted by Crippen LogP contribution is 2.45. The third-order valence-corrected chi connectivity index (χ3v) is 7.26. The van der Waals surface area contributed by atoms with Crippen LogP contribution in [0.25, 0.3) is 54.6 Å². The molecule has 3 nitrogen and oxygen atoms in total. The first kappa shape index (κ1) is 20.2. The number of hydrogen-bond donors (Lipinski definition) is 0. The van der Waals surface area contributed by atoms with Crippen LogP contribution in [0.5, 0.6) is 0 Å². The first-order valence-corrected chi connectivity index (χ1v) is 12.5. The Bertz CT molecular complexity index is 2100. The van der Waals surface area contributed by atoms with E-state index < -0.39 is 0 Å². The van der Waals surface area contributed by atoms with Crippen molar-refractivity contribution in [3.8, 4) is 0 Å². The molecule has 0 aliphatic rings. The summed E-state index contributed by atoms with van der Waals surface area (Å²) >= 11 is 0. The number of para-hydroxylation sites is 4. The zero-order chi connectivity index (χ0) is 24.3. The lowest BCUT2D eigenvalue weighted by Crippen LogP contribution is -2.10. The number of fused-ring (bicyclic) bond motifs is 8. The number of nitrogens with zero attached hydrogens (tertiary/aromatic N) is 1. The normalized spacial score (nSPS) is 11.8. The maximum absolute atomic E-state index is 6.48. The number of hydrogen-bond acceptors (Lipinski definition) is 3. The van der Waals surface area contributed by atoms with Gasteiger partial charge in [-0.2, -0.15) is 0 Å². The second-order valence-corrected chi connectivity index (χ2v) is 9.33. The minimum Gasteiger partial charge on any atom is -0.456 e. The van der Waals surface area contributed by atoms with Crippen molar-refractivity contribution in [2.24, 2.45) is 0 Å². The largest absolute Gasteiger partial charge is 0.456 e. The molecule has 0 unspecified atom stereocenters. The minimum atomic E-state index is 0.874. The summed E-state index contributed by atoms with van der Waals surface area (Å²) in [5, 5.41) is 6.82. The third kappa shape index (κ3) is 2.95. The summed E-state index contributed by atoms with van der Waals surface area (Å²) in [7, 11) is 0. The second-order valence-electron chi connectivity index (χ2n) is 9.33. The van der Waals surface area contributed by atoms with Gasteiger partial charge in [-0.3, -0.25) is 0 Å². The second kappa shape index (κ2) is 7.74. The molecule has 0 atom stereocenters. The van der Waals surface area contributed by atoms with Crippen LogP contribution in [0.15, 0.2) is 136 Å². The molecule has 174 valence electrons. The topological polar surface area (TPSA) is 29.5 Å². The number of benzene rings is 6. The van der Waals surface area contributed by atoms with Crippen LogP contribution in [-0.2, 0) is 0 Å². The number of rotatable bonds is 3.